The van der Waals surface area contributed by atoms with Crippen LogP contribution in [0.1, 0.15) is 38.1 Å². The lowest BCUT2D eigenvalue weighted by molar-refractivity contribution is 0.00190. The number of amides is 2. The summed E-state index contributed by atoms with van der Waals surface area (Å²) in [6.45, 7) is 8.32. The lowest BCUT2D eigenvalue weighted by Crippen LogP contribution is -2.56. The summed E-state index contributed by atoms with van der Waals surface area (Å²) >= 11 is 3.25. The monoisotopic (exact) mass is 400 g/mol. The summed E-state index contributed by atoms with van der Waals surface area (Å²) in [5, 5.41) is 0. The fourth-order valence-corrected chi connectivity index (χ4v) is 2.93. The van der Waals surface area contributed by atoms with Gasteiger partial charge in [0.25, 0.3) is 5.91 Å². The number of nitrogens with zero attached hydrogens (tertiary/aromatic N) is 2. The van der Waals surface area contributed by atoms with E-state index in [1.54, 1.807) is 15.9 Å². The summed E-state index contributed by atoms with van der Waals surface area (Å²) in [6.07, 6.45) is -0.393. The first-order valence-electron chi connectivity index (χ1n) is 7.82. The number of rotatable bonds is 1. The minimum absolute atomic E-state index is 0.0299. The topological polar surface area (TPSA) is 49.9 Å². The number of piperazine rings is 1. The molecule has 0 radical (unpaired) electrons. The van der Waals surface area contributed by atoms with E-state index in [9.17, 15) is 14.0 Å². The third-order valence-corrected chi connectivity index (χ3v) is 4.19. The van der Waals surface area contributed by atoms with E-state index in [0.29, 0.717) is 24.1 Å². The Morgan fingerprint density at radius 1 is 1.29 bits per heavy atom. The van der Waals surface area contributed by atoms with Crippen LogP contribution >= 0.6 is 15.9 Å². The Morgan fingerprint density at radius 3 is 2.54 bits per heavy atom. The van der Waals surface area contributed by atoms with Crippen LogP contribution in [-0.2, 0) is 4.74 Å². The zero-order valence-corrected chi connectivity index (χ0v) is 15.9. The first kappa shape index (κ1) is 18.7. The molecule has 24 heavy (non-hydrogen) atoms. The fourth-order valence-electron chi connectivity index (χ4n) is 2.57. The molecule has 1 saturated heterocycles. The molecule has 2 rings (SSSR count). The lowest BCUT2D eigenvalue weighted by atomic mass is 10.1. The van der Waals surface area contributed by atoms with Crippen molar-refractivity contribution in [3.8, 4) is 0 Å². The Bertz CT molecular complexity index is 645. The molecule has 0 N–H and O–H groups in total. The van der Waals surface area contributed by atoms with Crippen LogP contribution in [0.4, 0.5) is 9.18 Å². The van der Waals surface area contributed by atoms with Crippen LogP contribution in [0.5, 0.6) is 0 Å². The average molecular weight is 401 g/mol. The van der Waals surface area contributed by atoms with Crippen molar-refractivity contribution < 1.29 is 18.7 Å². The number of halogens is 2. The first-order chi connectivity index (χ1) is 11.1. The Balaban J connectivity index is 2.06. The van der Waals surface area contributed by atoms with E-state index in [2.05, 4.69) is 15.9 Å². The molecule has 1 aliphatic rings. The Morgan fingerprint density at radius 2 is 1.96 bits per heavy atom. The molecule has 0 aliphatic carbocycles. The van der Waals surface area contributed by atoms with Gasteiger partial charge in [0.05, 0.1) is 5.56 Å². The quantitative estimate of drug-likeness (QED) is 0.722. The number of carbonyl (C=O) groups is 2. The largest absolute Gasteiger partial charge is 0.444 e. The zero-order chi connectivity index (χ0) is 18.1. The second-order valence-corrected chi connectivity index (χ2v) is 7.81. The van der Waals surface area contributed by atoms with Crippen molar-refractivity contribution in [3.63, 3.8) is 0 Å². The maximum Gasteiger partial charge on any atom is 0.410 e. The van der Waals surface area contributed by atoms with Crippen molar-refractivity contribution in [3.05, 3.63) is 34.1 Å². The number of hydrogen-bond donors (Lipinski definition) is 0. The Kier molecular flexibility index (Phi) is 5.52. The number of hydrogen-bond acceptors (Lipinski definition) is 3. The van der Waals surface area contributed by atoms with Crippen LogP contribution < -0.4 is 0 Å². The molecule has 1 atom stereocenters. The van der Waals surface area contributed by atoms with Crippen LogP contribution in [0.25, 0.3) is 0 Å². The molecule has 0 bridgehead atoms. The Hall–Kier alpha value is -1.63. The van der Waals surface area contributed by atoms with E-state index in [0.717, 1.165) is 0 Å². The van der Waals surface area contributed by atoms with Crippen LogP contribution in [0, 0.1) is 5.82 Å². The smallest absolute Gasteiger partial charge is 0.410 e. The molecule has 1 unspecified atom stereocenters. The second kappa shape index (κ2) is 7.09. The van der Waals surface area contributed by atoms with Crippen molar-refractivity contribution >= 4 is 27.9 Å². The molecule has 2 amide bonds. The van der Waals surface area contributed by atoms with E-state index in [1.807, 2.05) is 27.7 Å². The number of benzene rings is 1. The molecular weight excluding hydrogens is 379 g/mol. The van der Waals surface area contributed by atoms with E-state index in [-0.39, 0.29) is 17.5 Å². The highest BCUT2D eigenvalue weighted by atomic mass is 79.9. The van der Waals surface area contributed by atoms with Gasteiger partial charge in [-0.25, -0.2) is 9.18 Å². The molecule has 5 nitrogen and oxygen atoms in total. The van der Waals surface area contributed by atoms with Gasteiger partial charge in [0.15, 0.2) is 0 Å². The standard InChI is InChI=1S/C17H22BrFN2O3/c1-11-10-20(7-8-21(11)16(23)24-17(2,3)4)15(22)13-9-12(18)5-6-14(13)19/h5-6,9,11H,7-8,10H2,1-4H3. The van der Waals surface area contributed by atoms with E-state index >= 15 is 0 Å². The van der Waals surface area contributed by atoms with Gasteiger partial charge < -0.3 is 14.5 Å². The van der Waals surface area contributed by atoms with E-state index < -0.39 is 17.5 Å². The molecule has 132 valence electrons. The lowest BCUT2D eigenvalue weighted by Gasteiger charge is -2.40. The van der Waals surface area contributed by atoms with Crippen molar-refractivity contribution in [2.24, 2.45) is 0 Å². The maximum atomic E-state index is 13.9. The van der Waals surface area contributed by atoms with Crippen molar-refractivity contribution in [1.82, 2.24) is 9.80 Å². The van der Waals surface area contributed by atoms with Gasteiger partial charge in [0.1, 0.15) is 11.4 Å². The molecule has 1 aliphatic heterocycles. The highest BCUT2D eigenvalue weighted by Gasteiger charge is 2.33. The molecule has 1 aromatic rings. The summed E-state index contributed by atoms with van der Waals surface area (Å²) in [5.74, 6) is -0.921. The van der Waals surface area contributed by atoms with Crippen molar-refractivity contribution in [2.75, 3.05) is 19.6 Å². The third kappa shape index (κ3) is 4.47. The van der Waals surface area contributed by atoms with Crippen LogP contribution in [0.15, 0.2) is 22.7 Å². The molecule has 0 spiro atoms. The minimum atomic E-state index is -0.566. The second-order valence-electron chi connectivity index (χ2n) is 6.90. The van der Waals surface area contributed by atoms with Gasteiger partial charge in [0, 0.05) is 30.1 Å². The van der Waals surface area contributed by atoms with Crippen molar-refractivity contribution in [1.29, 1.82) is 0 Å². The van der Waals surface area contributed by atoms with Gasteiger partial charge in [-0.15, -0.1) is 0 Å². The summed E-state index contributed by atoms with van der Waals surface area (Å²) in [7, 11) is 0. The predicted molar refractivity (Wildman–Crippen MR) is 92.4 cm³/mol. The van der Waals surface area contributed by atoms with Gasteiger partial charge in [-0.1, -0.05) is 15.9 Å². The van der Waals surface area contributed by atoms with Crippen LogP contribution in [-0.4, -0.2) is 53.1 Å². The SMILES string of the molecule is CC1CN(C(=O)c2cc(Br)ccc2F)CCN1C(=O)OC(C)(C)C. The summed E-state index contributed by atoms with van der Waals surface area (Å²) < 4.78 is 19.9. The zero-order valence-electron chi connectivity index (χ0n) is 14.3. The van der Waals surface area contributed by atoms with Gasteiger partial charge >= 0.3 is 6.09 Å². The summed E-state index contributed by atoms with van der Waals surface area (Å²) in [6, 6.07) is 4.09. The summed E-state index contributed by atoms with van der Waals surface area (Å²) in [4.78, 5) is 27.9. The fraction of sp³-hybridized carbons (Fsp3) is 0.529. The van der Waals surface area contributed by atoms with Crippen LogP contribution in [0.2, 0.25) is 0 Å². The van der Waals surface area contributed by atoms with Crippen molar-refractivity contribution in [2.45, 2.75) is 39.3 Å². The molecule has 0 saturated carbocycles. The van der Waals surface area contributed by atoms with E-state index in [1.165, 1.54) is 12.1 Å². The third-order valence-electron chi connectivity index (χ3n) is 3.70. The van der Waals surface area contributed by atoms with Gasteiger partial charge in [-0.2, -0.15) is 0 Å². The minimum Gasteiger partial charge on any atom is -0.444 e. The first-order valence-corrected chi connectivity index (χ1v) is 8.62. The molecule has 0 aromatic heterocycles. The Labute approximate surface area is 149 Å². The van der Waals surface area contributed by atoms with Crippen LogP contribution in [0.3, 0.4) is 0 Å². The normalized spacial score (nSPS) is 18.5. The maximum absolute atomic E-state index is 13.9. The molecule has 1 heterocycles. The van der Waals surface area contributed by atoms with Gasteiger partial charge in [-0.05, 0) is 45.9 Å². The highest BCUT2D eigenvalue weighted by molar-refractivity contribution is 9.10. The number of carbonyl (C=O) groups excluding carboxylic acids is 2. The highest BCUT2D eigenvalue weighted by Crippen LogP contribution is 2.20. The van der Waals surface area contributed by atoms with Gasteiger partial charge in [-0.3, -0.25) is 4.79 Å². The summed E-state index contributed by atoms with van der Waals surface area (Å²) in [5.41, 5.74) is -0.536. The molecular formula is C17H22BrFN2O3. The average Bonchev–Trinajstić information content (AvgIpc) is 2.47. The van der Waals surface area contributed by atoms with E-state index in [4.69, 9.17) is 4.74 Å². The molecule has 1 fully saturated rings. The molecule has 1 aromatic carbocycles. The van der Waals surface area contributed by atoms with Gasteiger partial charge in [0.2, 0.25) is 0 Å². The predicted octanol–water partition coefficient (Wildman–Crippen LogP) is 3.67. The number of ether oxygens (including phenoxy) is 1. The molecule has 7 heteroatoms.